The second-order valence-electron chi connectivity index (χ2n) is 6.73. The molecule has 0 saturated carbocycles. The van der Waals surface area contributed by atoms with Gasteiger partial charge in [-0.25, -0.2) is 9.50 Å². The van der Waals surface area contributed by atoms with Crippen molar-refractivity contribution in [2.45, 2.75) is 46.0 Å². The average Bonchev–Trinajstić information content (AvgIpc) is 3.21. The van der Waals surface area contributed by atoms with Crippen LogP contribution in [0.5, 0.6) is 0 Å². The standard InChI is InChI=1S/C17H24N8/c1-12-13(2)25-16(11-18-12)19-14(21-25)7-8-15-20-17(22-23(15)3)24-9-5-4-6-10-24/h11H,4-10H2,1-3H3. The number of hydrogen-bond acceptors (Lipinski definition) is 6. The van der Waals surface area contributed by atoms with Crippen LogP contribution < -0.4 is 4.90 Å². The van der Waals surface area contributed by atoms with E-state index in [4.69, 9.17) is 4.98 Å². The molecule has 1 aliphatic heterocycles. The number of aromatic nitrogens is 7. The Morgan fingerprint density at radius 1 is 1.00 bits per heavy atom. The van der Waals surface area contributed by atoms with Gasteiger partial charge in [0.05, 0.1) is 17.6 Å². The van der Waals surface area contributed by atoms with Gasteiger partial charge in [-0.3, -0.25) is 9.67 Å². The summed E-state index contributed by atoms with van der Waals surface area (Å²) in [4.78, 5) is 16.0. The van der Waals surface area contributed by atoms with E-state index in [1.165, 1.54) is 19.3 Å². The molecule has 0 spiro atoms. The molecule has 8 nitrogen and oxygen atoms in total. The molecule has 3 aromatic heterocycles. The molecule has 0 atom stereocenters. The van der Waals surface area contributed by atoms with Crippen molar-refractivity contribution in [3.63, 3.8) is 0 Å². The maximum atomic E-state index is 4.74. The lowest BCUT2D eigenvalue weighted by molar-refractivity contribution is 0.566. The summed E-state index contributed by atoms with van der Waals surface area (Å²) in [5.41, 5.74) is 2.80. The molecule has 1 aliphatic rings. The van der Waals surface area contributed by atoms with Crippen LogP contribution in [0.1, 0.15) is 42.3 Å². The summed E-state index contributed by atoms with van der Waals surface area (Å²) in [6, 6.07) is 0. The second-order valence-corrected chi connectivity index (χ2v) is 6.73. The normalized spacial score (nSPS) is 15.2. The van der Waals surface area contributed by atoms with Crippen LogP contribution in [0.3, 0.4) is 0 Å². The highest BCUT2D eigenvalue weighted by Crippen LogP contribution is 2.17. The third-order valence-corrected chi connectivity index (χ3v) is 4.94. The van der Waals surface area contributed by atoms with Gasteiger partial charge in [-0.1, -0.05) is 0 Å². The minimum absolute atomic E-state index is 0.742. The number of aryl methyl sites for hydroxylation is 5. The molecule has 4 rings (SSSR count). The van der Waals surface area contributed by atoms with Crippen molar-refractivity contribution in [1.29, 1.82) is 0 Å². The first kappa shape index (κ1) is 16.0. The lowest BCUT2D eigenvalue weighted by Gasteiger charge is -2.24. The molecule has 3 aromatic rings. The Morgan fingerprint density at radius 3 is 2.60 bits per heavy atom. The Labute approximate surface area is 146 Å². The molecule has 0 radical (unpaired) electrons. The predicted octanol–water partition coefficient (Wildman–Crippen LogP) is 1.65. The van der Waals surface area contributed by atoms with Gasteiger partial charge in [0.25, 0.3) is 0 Å². The fourth-order valence-corrected chi connectivity index (χ4v) is 3.28. The molecule has 0 aliphatic carbocycles. The maximum absolute atomic E-state index is 4.74. The molecule has 132 valence electrons. The number of anilines is 1. The second kappa shape index (κ2) is 6.42. The van der Waals surface area contributed by atoms with E-state index in [-0.39, 0.29) is 0 Å². The molecule has 8 heteroatoms. The maximum Gasteiger partial charge on any atom is 0.244 e. The Bertz CT molecular complexity index is 888. The molecule has 25 heavy (non-hydrogen) atoms. The van der Waals surface area contributed by atoms with Crippen LogP contribution in [0.25, 0.3) is 5.65 Å². The molecule has 0 amide bonds. The van der Waals surface area contributed by atoms with Gasteiger partial charge in [0.2, 0.25) is 5.95 Å². The highest BCUT2D eigenvalue weighted by atomic mass is 15.4. The zero-order valence-corrected chi connectivity index (χ0v) is 15.1. The average molecular weight is 340 g/mol. The fourth-order valence-electron chi connectivity index (χ4n) is 3.28. The van der Waals surface area contributed by atoms with Gasteiger partial charge < -0.3 is 4.90 Å². The third kappa shape index (κ3) is 3.08. The van der Waals surface area contributed by atoms with Crippen LogP contribution in [-0.2, 0) is 19.9 Å². The molecule has 4 heterocycles. The van der Waals surface area contributed by atoms with Gasteiger partial charge in [-0.05, 0) is 33.1 Å². The van der Waals surface area contributed by atoms with Gasteiger partial charge in [0, 0.05) is 33.0 Å². The van der Waals surface area contributed by atoms with Crippen molar-refractivity contribution in [2.75, 3.05) is 18.0 Å². The van der Waals surface area contributed by atoms with Crippen molar-refractivity contribution in [1.82, 2.24) is 34.3 Å². The zero-order valence-electron chi connectivity index (χ0n) is 15.1. The van der Waals surface area contributed by atoms with Crippen LogP contribution in [0.4, 0.5) is 5.95 Å². The largest absolute Gasteiger partial charge is 0.340 e. The lowest BCUT2D eigenvalue weighted by atomic mass is 10.1. The topological polar surface area (TPSA) is 77.0 Å². The summed E-state index contributed by atoms with van der Waals surface area (Å²) < 4.78 is 3.75. The van der Waals surface area contributed by atoms with E-state index < -0.39 is 0 Å². The van der Waals surface area contributed by atoms with Gasteiger partial charge >= 0.3 is 0 Å². The van der Waals surface area contributed by atoms with E-state index in [9.17, 15) is 0 Å². The molecule has 1 fully saturated rings. The molecule has 0 unspecified atom stereocenters. The van der Waals surface area contributed by atoms with E-state index in [1.54, 1.807) is 6.20 Å². The predicted molar refractivity (Wildman–Crippen MR) is 94.7 cm³/mol. The summed E-state index contributed by atoms with van der Waals surface area (Å²) in [6.07, 6.45) is 7.06. The molecule has 0 aromatic carbocycles. The highest BCUT2D eigenvalue weighted by molar-refractivity contribution is 5.37. The summed E-state index contributed by atoms with van der Waals surface area (Å²) in [7, 11) is 1.96. The van der Waals surface area contributed by atoms with Crippen LogP contribution in [0.15, 0.2) is 6.20 Å². The van der Waals surface area contributed by atoms with E-state index in [2.05, 4.69) is 25.1 Å². The summed E-state index contributed by atoms with van der Waals surface area (Å²) in [5.74, 6) is 2.65. The van der Waals surface area contributed by atoms with Gasteiger partial charge in [0.15, 0.2) is 11.5 Å². The zero-order chi connectivity index (χ0) is 17.4. The molecule has 0 N–H and O–H groups in total. The monoisotopic (exact) mass is 340 g/mol. The van der Waals surface area contributed by atoms with Crippen LogP contribution >= 0.6 is 0 Å². The van der Waals surface area contributed by atoms with Gasteiger partial charge in [0.1, 0.15) is 5.82 Å². The van der Waals surface area contributed by atoms with Crippen molar-refractivity contribution in [3.05, 3.63) is 29.2 Å². The van der Waals surface area contributed by atoms with E-state index in [0.717, 1.165) is 60.6 Å². The van der Waals surface area contributed by atoms with Crippen molar-refractivity contribution < 1.29 is 0 Å². The number of piperidine rings is 1. The van der Waals surface area contributed by atoms with Crippen LogP contribution in [0.2, 0.25) is 0 Å². The minimum atomic E-state index is 0.742. The summed E-state index contributed by atoms with van der Waals surface area (Å²) in [6.45, 7) is 6.12. The van der Waals surface area contributed by atoms with Gasteiger partial charge in [-0.2, -0.15) is 10.1 Å². The van der Waals surface area contributed by atoms with Gasteiger partial charge in [-0.15, -0.1) is 5.10 Å². The van der Waals surface area contributed by atoms with Crippen LogP contribution in [-0.4, -0.2) is 47.4 Å². The smallest absolute Gasteiger partial charge is 0.244 e. The molecular weight excluding hydrogens is 316 g/mol. The molecule has 0 bridgehead atoms. The SMILES string of the molecule is Cc1ncc2nc(CCc3nc(N4CCCCC4)nn3C)nn2c1C. The number of rotatable bonds is 4. The highest BCUT2D eigenvalue weighted by Gasteiger charge is 2.17. The third-order valence-electron chi connectivity index (χ3n) is 4.94. The Balaban J connectivity index is 1.49. The molecule has 1 saturated heterocycles. The lowest BCUT2D eigenvalue weighted by Crippen LogP contribution is -2.30. The van der Waals surface area contributed by atoms with E-state index in [1.807, 2.05) is 30.1 Å². The Morgan fingerprint density at radius 2 is 1.80 bits per heavy atom. The van der Waals surface area contributed by atoms with E-state index in [0.29, 0.717) is 0 Å². The van der Waals surface area contributed by atoms with E-state index >= 15 is 0 Å². The number of fused-ring (bicyclic) bond motifs is 1. The van der Waals surface area contributed by atoms with Crippen molar-refractivity contribution in [2.24, 2.45) is 7.05 Å². The summed E-state index contributed by atoms with van der Waals surface area (Å²) >= 11 is 0. The Kier molecular flexibility index (Phi) is 4.10. The number of nitrogens with zero attached hydrogens (tertiary/aromatic N) is 8. The van der Waals surface area contributed by atoms with Crippen molar-refractivity contribution in [3.8, 4) is 0 Å². The summed E-state index contributed by atoms with van der Waals surface area (Å²) in [5, 5.41) is 9.20. The molecular formula is C17H24N8. The first-order valence-corrected chi connectivity index (χ1v) is 8.94. The first-order chi connectivity index (χ1) is 12.1. The quantitative estimate of drug-likeness (QED) is 0.719. The number of hydrogen-bond donors (Lipinski definition) is 0. The van der Waals surface area contributed by atoms with Crippen LogP contribution in [0, 0.1) is 13.8 Å². The fraction of sp³-hybridized carbons (Fsp3) is 0.588. The minimum Gasteiger partial charge on any atom is -0.340 e. The van der Waals surface area contributed by atoms with Crippen molar-refractivity contribution >= 4 is 11.6 Å². The first-order valence-electron chi connectivity index (χ1n) is 8.94. The Hall–Kier alpha value is -2.51.